The predicted molar refractivity (Wildman–Crippen MR) is 82.7 cm³/mol. The number of aliphatic hydroxyl groups is 1. The Hall–Kier alpha value is -2.82. The lowest BCUT2D eigenvalue weighted by atomic mass is 9.95. The number of hydrogen-bond donors (Lipinski definition) is 4. The minimum Gasteiger partial charge on any atom is -0.392 e. The maximum absolute atomic E-state index is 12.2. The molecule has 1 saturated carbocycles. The highest BCUT2D eigenvalue weighted by Gasteiger charge is 2.52. The lowest BCUT2D eigenvalue weighted by Crippen LogP contribution is -2.33. The van der Waals surface area contributed by atoms with E-state index in [1.165, 1.54) is 13.8 Å². The van der Waals surface area contributed by atoms with Crippen LogP contribution in [0.15, 0.2) is 4.79 Å². The lowest BCUT2D eigenvalue weighted by molar-refractivity contribution is -0.385. The number of H-pyrrole nitrogens is 1. The van der Waals surface area contributed by atoms with Gasteiger partial charge in [0.2, 0.25) is 17.7 Å². The quantitative estimate of drug-likeness (QED) is 0.390. The highest BCUT2D eigenvalue weighted by molar-refractivity contribution is 5.91. The Morgan fingerprint density at radius 1 is 1.50 bits per heavy atom. The third-order valence-electron chi connectivity index (χ3n) is 3.93. The first-order valence-electron chi connectivity index (χ1n) is 7.19. The van der Waals surface area contributed by atoms with Gasteiger partial charge in [-0.3, -0.25) is 34.8 Å². The van der Waals surface area contributed by atoms with Crippen molar-refractivity contribution in [3.05, 3.63) is 20.5 Å². The molecule has 11 nitrogen and oxygen atoms in total. The first-order chi connectivity index (χ1) is 11.2. The van der Waals surface area contributed by atoms with Gasteiger partial charge in [0.1, 0.15) is 0 Å². The summed E-state index contributed by atoms with van der Waals surface area (Å²) < 4.78 is 0. The van der Waals surface area contributed by atoms with Crippen LogP contribution < -0.4 is 16.2 Å². The Morgan fingerprint density at radius 3 is 2.58 bits per heavy atom. The van der Waals surface area contributed by atoms with Gasteiger partial charge < -0.3 is 10.4 Å². The minimum atomic E-state index is -1.06. The van der Waals surface area contributed by atoms with E-state index in [0.29, 0.717) is 12.8 Å². The Balaban J connectivity index is 2.26. The number of nitrogens with one attached hydrogen (secondary N) is 3. The van der Waals surface area contributed by atoms with Crippen molar-refractivity contribution in [3.63, 3.8) is 0 Å². The van der Waals surface area contributed by atoms with E-state index >= 15 is 0 Å². The molecule has 11 heteroatoms. The maximum atomic E-state index is 12.2. The second-order valence-electron chi connectivity index (χ2n) is 5.66. The summed E-state index contributed by atoms with van der Waals surface area (Å²) >= 11 is 0. The molecule has 0 bridgehead atoms. The van der Waals surface area contributed by atoms with E-state index in [1.807, 2.05) is 0 Å². The van der Waals surface area contributed by atoms with Crippen molar-refractivity contribution < 1.29 is 19.6 Å². The van der Waals surface area contributed by atoms with Gasteiger partial charge in [0, 0.05) is 6.92 Å². The fourth-order valence-electron chi connectivity index (χ4n) is 2.39. The number of nitrogens with zero attached hydrogens (tertiary/aromatic N) is 2. The van der Waals surface area contributed by atoms with Crippen LogP contribution >= 0.6 is 0 Å². The third-order valence-corrected chi connectivity index (χ3v) is 3.93. The van der Waals surface area contributed by atoms with Crippen molar-refractivity contribution in [1.29, 1.82) is 0 Å². The molecular weight excluding hydrogens is 322 g/mol. The predicted octanol–water partition coefficient (Wildman–Crippen LogP) is -0.222. The topological polar surface area (TPSA) is 167 Å². The second kappa shape index (κ2) is 6.35. The van der Waals surface area contributed by atoms with E-state index in [2.05, 4.69) is 20.6 Å². The minimum absolute atomic E-state index is 0.273. The number of ketones is 1. The summed E-state index contributed by atoms with van der Waals surface area (Å²) in [6.45, 7) is 2.35. The Morgan fingerprint density at radius 2 is 2.12 bits per heavy atom. The molecule has 0 aliphatic heterocycles. The van der Waals surface area contributed by atoms with Crippen LogP contribution in [0, 0.1) is 15.5 Å². The van der Waals surface area contributed by atoms with Gasteiger partial charge in [0.05, 0.1) is 23.0 Å². The first kappa shape index (κ1) is 17.5. The van der Waals surface area contributed by atoms with Crippen molar-refractivity contribution >= 4 is 29.1 Å². The molecule has 2 rings (SSSR count). The fourth-order valence-corrected chi connectivity index (χ4v) is 2.39. The number of rotatable bonds is 7. The first-order valence-corrected chi connectivity index (χ1v) is 7.19. The van der Waals surface area contributed by atoms with Crippen LogP contribution in [0.1, 0.15) is 26.7 Å². The standard InChI is InChI=1S/C13H17N5O6/c1-6(19)13(3-4-13)8(21)5-14-10-9(18(23)24)11(22)17-12(16-10)15-7(2)20/h6,19H,3-5H2,1-2H3,(H3,14,15,16,17,20,22)/t6-/m0/s1. The van der Waals surface area contributed by atoms with Crippen LogP contribution in [0.4, 0.5) is 17.5 Å². The van der Waals surface area contributed by atoms with Crippen LogP contribution in [-0.4, -0.2) is 44.3 Å². The van der Waals surface area contributed by atoms with Crippen LogP contribution in [-0.2, 0) is 9.59 Å². The van der Waals surface area contributed by atoms with Gasteiger partial charge in [0.25, 0.3) is 0 Å². The zero-order chi connectivity index (χ0) is 18.1. The average Bonchev–Trinajstić information content (AvgIpc) is 3.24. The average molecular weight is 339 g/mol. The van der Waals surface area contributed by atoms with Crippen molar-refractivity contribution in [1.82, 2.24) is 9.97 Å². The van der Waals surface area contributed by atoms with Crippen molar-refractivity contribution in [2.75, 3.05) is 17.2 Å². The highest BCUT2D eigenvalue weighted by atomic mass is 16.6. The molecule has 0 radical (unpaired) electrons. The Labute approximate surface area is 135 Å². The van der Waals surface area contributed by atoms with Gasteiger partial charge in [-0.25, -0.2) is 0 Å². The molecule has 1 amide bonds. The summed E-state index contributed by atoms with van der Waals surface area (Å²) in [5, 5.41) is 25.4. The molecule has 0 unspecified atom stereocenters. The molecule has 4 N–H and O–H groups in total. The van der Waals surface area contributed by atoms with E-state index in [9.17, 15) is 29.6 Å². The number of hydrogen-bond acceptors (Lipinski definition) is 8. The number of aliphatic hydroxyl groups excluding tert-OH is 1. The molecule has 0 saturated heterocycles. The molecule has 0 spiro atoms. The normalized spacial score (nSPS) is 16.1. The molecule has 24 heavy (non-hydrogen) atoms. The van der Waals surface area contributed by atoms with E-state index in [0.717, 1.165) is 0 Å². The van der Waals surface area contributed by atoms with Crippen LogP contribution in [0.5, 0.6) is 0 Å². The molecule has 1 aliphatic rings. The number of Topliss-reactive ketones (excluding diaryl/α,β-unsaturated/α-hetero) is 1. The number of anilines is 2. The van der Waals surface area contributed by atoms with E-state index < -0.39 is 39.4 Å². The van der Waals surface area contributed by atoms with Crippen molar-refractivity contribution in [2.24, 2.45) is 5.41 Å². The number of carbonyl (C=O) groups excluding carboxylic acids is 2. The summed E-state index contributed by atoms with van der Waals surface area (Å²) in [6.07, 6.45) is 0.240. The zero-order valence-corrected chi connectivity index (χ0v) is 13.1. The summed E-state index contributed by atoms with van der Waals surface area (Å²) in [4.78, 5) is 50.9. The van der Waals surface area contributed by atoms with Gasteiger partial charge >= 0.3 is 11.2 Å². The van der Waals surface area contributed by atoms with Gasteiger partial charge in [-0.15, -0.1) is 0 Å². The SMILES string of the molecule is CC(=O)Nc1nc(NCC(=O)C2([C@H](C)O)CC2)c([N+](=O)[O-])c(=O)[nH]1. The van der Waals surface area contributed by atoms with Gasteiger partial charge in [-0.2, -0.15) is 4.98 Å². The van der Waals surface area contributed by atoms with Crippen molar-refractivity contribution in [2.45, 2.75) is 32.8 Å². The van der Waals surface area contributed by atoms with Crippen LogP contribution in [0.3, 0.4) is 0 Å². The largest absolute Gasteiger partial charge is 0.392 e. The van der Waals surface area contributed by atoms with Gasteiger partial charge in [-0.1, -0.05) is 0 Å². The van der Waals surface area contributed by atoms with E-state index in [4.69, 9.17) is 0 Å². The lowest BCUT2D eigenvalue weighted by Gasteiger charge is -2.17. The van der Waals surface area contributed by atoms with Crippen LogP contribution in [0.2, 0.25) is 0 Å². The highest BCUT2D eigenvalue weighted by Crippen LogP contribution is 2.49. The molecule has 1 fully saturated rings. The monoisotopic (exact) mass is 339 g/mol. The molecule has 1 atom stereocenters. The molecule has 1 aromatic rings. The van der Waals surface area contributed by atoms with E-state index in [1.54, 1.807) is 0 Å². The summed E-state index contributed by atoms with van der Waals surface area (Å²) in [5.74, 6) is -1.55. The Bertz CT molecular complexity index is 752. The van der Waals surface area contributed by atoms with E-state index in [-0.39, 0.29) is 18.3 Å². The number of aromatic nitrogens is 2. The summed E-state index contributed by atoms with van der Waals surface area (Å²) in [5.41, 5.74) is -2.77. The van der Waals surface area contributed by atoms with Gasteiger partial charge in [-0.05, 0) is 19.8 Å². The molecule has 1 aliphatic carbocycles. The second-order valence-corrected chi connectivity index (χ2v) is 5.66. The maximum Gasteiger partial charge on any atom is 0.375 e. The third kappa shape index (κ3) is 3.40. The summed E-state index contributed by atoms with van der Waals surface area (Å²) in [7, 11) is 0. The molecule has 130 valence electrons. The molecule has 0 aromatic carbocycles. The fraction of sp³-hybridized carbons (Fsp3) is 0.538. The number of aromatic amines is 1. The van der Waals surface area contributed by atoms with Gasteiger partial charge in [0.15, 0.2) is 5.78 Å². The zero-order valence-electron chi connectivity index (χ0n) is 13.1. The number of carbonyl (C=O) groups is 2. The molecule has 1 aromatic heterocycles. The smallest absolute Gasteiger partial charge is 0.375 e. The van der Waals surface area contributed by atoms with Crippen LogP contribution in [0.25, 0.3) is 0 Å². The number of amides is 1. The molecular formula is C13H17N5O6. The number of nitro groups is 1. The Kier molecular flexibility index (Phi) is 4.64. The molecule has 1 heterocycles. The summed E-state index contributed by atoms with van der Waals surface area (Å²) in [6, 6.07) is 0. The van der Waals surface area contributed by atoms with Crippen molar-refractivity contribution in [3.8, 4) is 0 Å².